The highest BCUT2D eigenvalue weighted by molar-refractivity contribution is 7.93. The lowest BCUT2D eigenvalue weighted by atomic mass is 10.2. The van der Waals surface area contributed by atoms with Gasteiger partial charge < -0.3 is 5.11 Å². The Morgan fingerprint density at radius 2 is 1.86 bits per heavy atom. The van der Waals surface area contributed by atoms with Gasteiger partial charge in [0.05, 0.1) is 5.25 Å². The minimum atomic E-state index is -3.51. The second-order valence-corrected chi connectivity index (χ2v) is 6.30. The number of rotatable bonds is 6. The number of hydrogen-bond acceptors (Lipinski definition) is 3. The topological polar surface area (TPSA) is 71.4 Å². The average molecular weight is 222 g/mol. The molecule has 0 radical (unpaired) electrons. The summed E-state index contributed by atoms with van der Waals surface area (Å²) in [5.41, 5.74) is 0. The van der Waals surface area contributed by atoms with E-state index in [0.717, 1.165) is 6.42 Å². The molecule has 0 aliphatic heterocycles. The number of hydrogen-bond donors (Lipinski definition) is 1. The molecule has 14 heavy (non-hydrogen) atoms. The van der Waals surface area contributed by atoms with Crippen molar-refractivity contribution in [2.45, 2.75) is 50.5 Å². The normalized spacial score (nSPS) is 14.3. The lowest BCUT2D eigenvalue weighted by Gasteiger charge is -2.15. The fourth-order valence-corrected chi connectivity index (χ4v) is 2.58. The fourth-order valence-electron chi connectivity index (χ4n) is 1.15. The second-order valence-electron chi connectivity index (χ2n) is 3.61. The summed E-state index contributed by atoms with van der Waals surface area (Å²) in [7, 11) is -3.51. The predicted octanol–water partition coefficient (Wildman–Crippen LogP) is 1.45. The first-order valence-corrected chi connectivity index (χ1v) is 6.40. The third-order valence-corrected chi connectivity index (χ3v) is 4.69. The van der Waals surface area contributed by atoms with Gasteiger partial charge in [-0.25, -0.2) is 8.42 Å². The van der Waals surface area contributed by atoms with Crippen LogP contribution in [0.2, 0.25) is 0 Å². The Morgan fingerprint density at radius 3 is 2.14 bits per heavy atom. The van der Waals surface area contributed by atoms with Gasteiger partial charge in [-0.2, -0.15) is 0 Å². The van der Waals surface area contributed by atoms with E-state index in [-0.39, 0.29) is 6.42 Å². The molecule has 1 atom stereocenters. The van der Waals surface area contributed by atoms with Gasteiger partial charge in [0, 0.05) is 0 Å². The highest BCUT2D eigenvalue weighted by Crippen LogP contribution is 2.15. The van der Waals surface area contributed by atoms with E-state index in [1.165, 1.54) is 13.8 Å². The summed E-state index contributed by atoms with van der Waals surface area (Å²) in [6.45, 7) is 4.93. The molecule has 0 aromatic carbocycles. The largest absolute Gasteiger partial charge is 0.480 e. The van der Waals surface area contributed by atoms with Crippen LogP contribution in [0.15, 0.2) is 0 Å². The minimum Gasteiger partial charge on any atom is -0.480 e. The van der Waals surface area contributed by atoms with Crippen molar-refractivity contribution in [3.05, 3.63) is 0 Å². The number of carboxylic acid groups (broad SMARTS) is 1. The highest BCUT2D eigenvalue weighted by atomic mass is 32.2. The summed E-state index contributed by atoms with van der Waals surface area (Å²) in [6, 6.07) is 0. The smallest absolute Gasteiger partial charge is 0.321 e. The summed E-state index contributed by atoms with van der Waals surface area (Å²) in [4.78, 5) is 10.8. The Kier molecular flexibility index (Phi) is 5.12. The van der Waals surface area contributed by atoms with Gasteiger partial charge >= 0.3 is 5.97 Å². The van der Waals surface area contributed by atoms with Crippen molar-refractivity contribution < 1.29 is 18.3 Å². The average Bonchev–Trinajstić information content (AvgIpc) is 2.03. The molecule has 1 unspecified atom stereocenters. The zero-order valence-electron chi connectivity index (χ0n) is 8.86. The molecule has 0 amide bonds. The maximum absolute atomic E-state index is 11.6. The van der Waals surface area contributed by atoms with E-state index >= 15 is 0 Å². The first kappa shape index (κ1) is 13.4. The SMILES string of the molecule is CCCCC(C(=O)O)S(=O)(=O)C(C)C. The van der Waals surface area contributed by atoms with Crippen LogP contribution in [0.5, 0.6) is 0 Å². The zero-order chi connectivity index (χ0) is 11.4. The van der Waals surface area contributed by atoms with E-state index < -0.39 is 26.3 Å². The Bertz CT molecular complexity index is 279. The van der Waals surface area contributed by atoms with Crippen LogP contribution in [0.4, 0.5) is 0 Å². The van der Waals surface area contributed by atoms with Gasteiger partial charge in [-0.3, -0.25) is 4.79 Å². The van der Waals surface area contributed by atoms with Crippen LogP contribution in [0.25, 0.3) is 0 Å². The Balaban J connectivity index is 4.75. The molecule has 1 N–H and O–H groups in total. The molecular formula is C9H18O4S. The third-order valence-electron chi connectivity index (χ3n) is 2.15. The van der Waals surface area contributed by atoms with E-state index in [9.17, 15) is 13.2 Å². The fraction of sp³-hybridized carbons (Fsp3) is 0.889. The number of unbranched alkanes of at least 4 members (excludes halogenated alkanes) is 1. The van der Waals surface area contributed by atoms with Crippen LogP contribution in [-0.4, -0.2) is 30.0 Å². The molecule has 0 rings (SSSR count). The molecule has 0 bridgehead atoms. The molecule has 0 aliphatic rings. The van der Waals surface area contributed by atoms with E-state index in [0.29, 0.717) is 6.42 Å². The molecular weight excluding hydrogens is 204 g/mol. The highest BCUT2D eigenvalue weighted by Gasteiger charge is 2.33. The Hall–Kier alpha value is -0.580. The van der Waals surface area contributed by atoms with E-state index in [1.807, 2.05) is 6.92 Å². The Labute approximate surface area is 85.2 Å². The standard InChI is InChI=1S/C9H18O4S/c1-4-5-6-8(9(10)11)14(12,13)7(2)3/h7-8H,4-6H2,1-3H3,(H,10,11). The predicted molar refractivity (Wildman–Crippen MR) is 55.0 cm³/mol. The van der Waals surface area contributed by atoms with E-state index in [4.69, 9.17) is 5.11 Å². The van der Waals surface area contributed by atoms with Crippen molar-refractivity contribution in [3.8, 4) is 0 Å². The van der Waals surface area contributed by atoms with Crippen LogP contribution in [-0.2, 0) is 14.6 Å². The van der Waals surface area contributed by atoms with Crippen LogP contribution < -0.4 is 0 Å². The first-order chi connectivity index (χ1) is 6.34. The van der Waals surface area contributed by atoms with Gasteiger partial charge in [-0.15, -0.1) is 0 Å². The molecule has 0 saturated carbocycles. The van der Waals surface area contributed by atoms with Crippen molar-refractivity contribution in [2.75, 3.05) is 0 Å². The van der Waals surface area contributed by atoms with Gasteiger partial charge in [0.1, 0.15) is 0 Å². The number of carboxylic acids is 1. The zero-order valence-corrected chi connectivity index (χ0v) is 9.67. The molecule has 0 fully saturated rings. The van der Waals surface area contributed by atoms with Gasteiger partial charge in [0.15, 0.2) is 15.1 Å². The van der Waals surface area contributed by atoms with Gasteiger partial charge in [0.2, 0.25) is 0 Å². The second kappa shape index (κ2) is 5.34. The molecule has 4 nitrogen and oxygen atoms in total. The van der Waals surface area contributed by atoms with Crippen molar-refractivity contribution in [3.63, 3.8) is 0 Å². The summed E-state index contributed by atoms with van der Waals surface area (Å²) in [6.07, 6.45) is 1.65. The van der Waals surface area contributed by atoms with Crippen LogP contribution in [0.1, 0.15) is 40.0 Å². The molecule has 5 heteroatoms. The number of carbonyl (C=O) groups is 1. The van der Waals surface area contributed by atoms with E-state index in [2.05, 4.69) is 0 Å². The molecule has 84 valence electrons. The lowest BCUT2D eigenvalue weighted by molar-refractivity contribution is -0.136. The van der Waals surface area contributed by atoms with Crippen molar-refractivity contribution in [1.29, 1.82) is 0 Å². The molecule has 0 saturated heterocycles. The summed E-state index contributed by atoms with van der Waals surface area (Å²) in [5, 5.41) is 6.95. The van der Waals surface area contributed by atoms with Crippen LogP contribution in [0.3, 0.4) is 0 Å². The quantitative estimate of drug-likeness (QED) is 0.738. The minimum absolute atomic E-state index is 0.215. The maximum atomic E-state index is 11.6. The van der Waals surface area contributed by atoms with Crippen molar-refractivity contribution in [1.82, 2.24) is 0 Å². The van der Waals surface area contributed by atoms with Gasteiger partial charge in [-0.05, 0) is 20.3 Å². The molecule has 0 aromatic rings. The van der Waals surface area contributed by atoms with Crippen LogP contribution in [0, 0.1) is 0 Å². The monoisotopic (exact) mass is 222 g/mol. The summed E-state index contributed by atoms with van der Waals surface area (Å²) in [5.74, 6) is -1.23. The van der Waals surface area contributed by atoms with Crippen molar-refractivity contribution >= 4 is 15.8 Å². The molecule has 0 spiro atoms. The molecule has 0 aromatic heterocycles. The lowest BCUT2D eigenvalue weighted by Crippen LogP contribution is -2.35. The van der Waals surface area contributed by atoms with Gasteiger partial charge in [-0.1, -0.05) is 19.8 Å². The number of aliphatic carboxylic acids is 1. The molecule has 0 aliphatic carbocycles. The third kappa shape index (κ3) is 3.29. The maximum Gasteiger partial charge on any atom is 0.321 e. The first-order valence-electron chi connectivity index (χ1n) is 4.79. The number of sulfone groups is 1. The summed E-state index contributed by atoms with van der Waals surface area (Å²) < 4.78 is 23.2. The van der Waals surface area contributed by atoms with E-state index in [1.54, 1.807) is 0 Å². The van der Waals surface area contributed by atoms with Crippen LogP contribution >= 0.6 is 0 Å². The summed E-state index contributed by atoms with van der Waals surface area (Å²) >= 11 is 0. The molecule has 0 heterocycles. The van der Waals surface area contributed by atoms with Gasteiger partial charge in [0.25, 0.3) is 0 Å². The Morgan fingerprint density at radius 1 is 1.36 bits per heavy atom. The van der Waals surface area contributed by atoms with Crippen molar-refractivity contribution in [2.24, 2.45) is 0 Å².